The molecule has 2 nitrogen and oxygen atoms in total. The highest BCUT2D eigenvalue weighted by atomic mass is 15.0. The summed E-state index contributed by atoms with van der Waals surface area (Å²) in [5, 5.41) is 4.97. The van der Waals surface area contributed by atoms with Crippen molar-refractivity contribution in [3.63, 3.8) is 0 Å². The van der Waals surface area contributed by atoms with Gasteiger partial charge in [-0.05, 0) is 55.5 Å². The van der Waals surface area contributed by atoms with Gasteiger partial charge in [-0.3, -0.25) is 0 Å². The van der Waals surface area contributed by atoms with Gasteiger partial charge in [0.15, 0.2) is 0 Å². The monoisotopic (exact) mass is 242 g/mol. The van der Waals surface area contributed by atoms with Crippen LogP contribution >= 0.6 is 0 Å². The summed E-state index contributed by atoms with van der Waals surface area (Å²) >= 11 is 0. The van der Waals surface area contributed by atoms with Crippen molar-refractivity contribution in [1.29, 1.82) is 0 Å². The molecule has 0 amide bonds. The van der Waals surface area contributed by atoms with E-state index in [2.05, 4.69) is 49.0 Å². The molecule has 0 aliphatic carbocycles. The number of benzene rings is 1. The standard InChI is InChI=1S/C16H22N2/c1-4-12-5-6-15-14(9-12)16(11(2)18(15)3)13-7-8-17-10-13/h5-6,9,13,17H,4,7-8,10H2,1-3H3. The Morgan fingerprint density at radius 1 is 1.39 bits per heavy atom. The molecule has 2 aromatic rings. The molecule has 2 heterocycles. The van der Waals surface area contributed by atoms with E-state index in [0.717, 1.165) is 19.5 Å². The Kier molecular flexibility index (Phi) is 2.90. The minimum Gasteiger partial charge on any atom is -0.348 e. The zero-order chi connectivity index (χ0) is 12.7. The minimum atomic E-state index is 0.695. The van der Waals surface area contributed by atoms with E-state index in [1.807, 2.05) is 0 Å². The Morgan fingerprint density at radius 2 is 2.22 bits per heavy atom. The van der Waals surface area contributed by atoms with Crippen molar-refractivity contribution in [2.75, 3.05) is 13.1 Å². The van der Waals surface area contributed by atoms with Crippen LogP contribution in [-0.2, 0) is 13.5 Å². The normalized spacial score (nSPS) is 19.8. The molecule has 1 aliphatic rings. The largest absolute Gasteiger partial charge is 0.348 e. The van der Waals surface area contributed by atoms with Gasteiger partial charge in [-0.25, -0.2) is 0 Å². The lowest BCUT2D eigenvalue weighted by Gasteiger charge is -2.09. The highest BCUT2D eigenvalue weighted by molar-refractivity contribution is 5.86. The Morgan fingerprint density at radius 3 is 2.89 bits per heavy atom. The van der Waals surface area contributed by atoms with E-state index in [0.29, 0.717) is 5.92 Å². The average molecular weight is 242 g/mol. The predicted molar refractivity (Wildman–Crippen MR) is 77.3 cm³/mol. The summed E-state index contributed by atoms with van der Waals surface area (Å²) in [5.74, 6) is 0.695. The third-order valence-electron chi connectivity index (χ3n) is 4.48. The first-order valence-electron chi connectivity index (χ1n) is 7.01. The second kappa shape index (κ2) is 4.43. The second-order valence-electron chi connectivity index (χ2n) is 5.45. The van der Waals surface area contributed by atoms with E-state index >= 15 is 0 Å². The minimum absolute atomic E-state index is 0.695. The van der Waals surface area contributed by atoms with Crippen molar-refractivity contribution in [3.8, 4) is 0 Å². The van der Waals surface area contributed by atoms with Crippen LogP contribution < -0.4 is 5.32 Å². The number of hydrogen-bond acceptors (Lipinski definition) is 1. The summed E-state index contributed by atoms with van der Waals surface area (Å²) in [5.41, 5.74) is 5.84. The van der Waals surface area contributed by atoms with E-state index < -0.39 is 0 Å². The summed E-state index contributed by atoms with van der Waals surface area (Å²) in [6.45, 7) is 6.79. The van der Waals surface area contributed by atoms with Crippen molar-refractivity contribution in [2.45, 2.75) is 32.6 Å². The van der Waals surface area contributed by atoms with E-state index in [1.165, 1.54) is 28.6 Å². The molecule has 0 spiro atoms. The Balaban J connectivity index is 2.24. The molecule has 0 saturated carbocycles. The maximum absolute atomic E-state index is 3.49. The van der Waals surface area contributed by atoms with Gasteiger partial charge in [0.25, 0.3) is 0 Å². The van der Waals surface area contributed by atoms with Gasteiger partial charge < -0.3 is 9.88 Å². The summed E-state index contributed by atoms with van der Waals surface area (Å²) in [4.78, 5) is 0. The van der Waals surface area contributed by atoms with Gasteiger partial charge in [0.1, 0.15) is 0 Å². The molecule has 1 atom stereocenters. The molecule has 0 bridgehead atoms. The molecule has 1 unspecified atom stereocenters. The molecule has 0 radical (unpaired) electrons. The zero-order valence-electron chi connectivity index (χ0n) is 11.6. The fraction of sp³-hybridized carbons (Fsp3) is 0.500. The van der Waals surface area contributed by atoms with Crippen LogP contribution in [0.15, 0.2) is 18.2 Å². The number of fused-ring (bicyclic) bond motifs is 1. The van der Waals surface area contributed by atoms with E-state index in [-0.39, 0.29) is 0 Å². The van der Waals surface area contributed by atoms with Gasteiger partial charge >= 0.3 is 0 Å². The molecular weight excluding hydrogens is 220 g/mol. The van der Waals surface area contributed by atoms with Crippen LogP contribution in [0.1, 0.15) is 36.1 Å². The lowest BCUT2D eigenvalue weighted by Crippen LogP contribution is -2.08. The topological polar surface area (TPSA) is 17.0 Å². The molecule has 1 fully saturated rings. The summed E-state index contributed by atoms with van der Waals surface area (Å²) in [6.07, 6.45) is 2.39. The quantitative estimate of drug-likeness (QED) is 0.856. The van der Waals surface area contributed by atoms with Crippen molar-refractivity contribution in [3.05, 3.63) is 35.0 Å². The molecule has 1 saturated heterocycles. The zero-order valence-corrected chi connectivity index (χ0v) is 11.6. The van der Waals surface area contributed by atoms with Crippen LogP contribution in [0.5, 0.6) is 0 Å². The first-order chi connectivity index (χ1) is 8.72. The lowest BCUT2D eigenvalue weighted by molar-refractivity contribution is 0.751. The predicted octanol–water partition coefficient (Wildman–Crippen LogP) is 3.13. The number of rotatable bonds is 2. The molecule has 1 N–H and O–H groups in total. The molecule has 18 heavy (non-hydrogen) atoms. The fourth-order valence-corrected chi connectivity index (χ4v) is 3.28. The highest BCUT2D eigenvalue weighted by Crippen LogP contribution is 2.34. The van der Waals surface area contributed by atoms with Gasteiger partial charge in [-0.15, -0.1) is 0 Å². The highest BCUT2D eigenvalue weighted by Gasteiger charge is 2.23. The third kappa shape index (κ3) is 1.67. The maximum Gasteiger partial charge on any atom is 0.0482 e. The van der Waals surface area contributed by atoms with Crippen LogP contribution in [0.25, 0.3) is 10.9 Å². The number of hydrogen-bond donors (Lipinski definition) is 1. The third-order valence-corrected chi connectivity index (χ3v) is 4.48. The molecule has 1 aromatic heterocycles. The lowest BCUT2D eigenvalue weighted by atomic mass is 9.94. The number of aryl methyl sites for hydroxylation is 2. The first-order valence-corrected chi connectivity index (χ1v) is 7.01. The Hall–Kier alpha value is -1.28. The molecule has 3 rings (SSSR count). The Bertz CT molecular complexity index is 574. The van der Waals surface area contributed by atoms with E-state index in [4.69, 9.17) is 0 Å². The molecule has 1 aliphatic heterocycles. The smallest absolute Gasteiger partial charge is 0.0482 e. The van der Waals surface area contributed by atoms with Crippen molar-refractivity contribution in [1.82, 2.24) is 9.88 Å². The van der Waals surface area contributed by atoms with Crippen molar-refractivity contribution < 1.29 is 0 Å². The van der Waals surface area contributed by atoms with Crippen molar-refractivity contribution in [2.24, 2.45) is 7.05 Å². The molecule has 96 valence electrons. The first kappa shape index (κ1) is 11.8. The van der Waals surface area contributed by atoms with E-state index in [9.17, 15) is 0 Å². The fourth-order valence-electron chi connectivity index (χ4n) is 3.28. The molecule has 1 aromatic carbocycles. The van der Waals surface area contributed by atoms with E-state index in [1.54, 1.807) is 5.56 Å². The second-order valence-corrected chi connectivity index (χ2v) is 5.45. The number of aromatic nitrogens is 1. The van der Waals surface area contributed by atoms with Crippen LogP contribution in [0.4, 0.5) is 0 Å². The molecule has 2 heteroatoms. The number of nitrogens with zero attached hydrogens (tertiary/aromatic N) is 1. The van der Waals surface area contributed by atoms with Crippen molar-refractivity contribution >= 4 is 10.9 Å². The maximum atomic E-state index is 3.49. The summed E-state index contributed by atoms with van der Waals surface area (Å²) in [6, 6.07) is 6.95. The Labute approximate surface area is 109 Å². The van der Waals surface area contributed by atoms with Gasteiger partial charge in [-0.2, -0.15) is 0 Å². The average Bonchev–Trinajstić information content (AvgIpc) is 2.98. The van der Waals surface area contributed by atoms with Gasteiger partial charge in [0.05, 0.1) is 0 Å². The van der Waals surface area contributed by atoms with Gasteiger partial charge in [0.2, 0.25) is 0 Å². The van der Waals surface area contributed by atoms with Crippen LogP contribution in [-0.4, -0.2) is 17.7 Å². The summed E-state index contributed by atoms with van der Waals surface area (Å²) in [7, 11) is 2.19. The van der Waals surface area contributed by atoms with Crippen LogP contribution in [0.3, 0.4) is 0 Å². The van der Waals surface area contributed by atoms with Gasteiger partial charge in [0, 0.05) is 30.2 Å². The van der Waals surface area contributed by atoms with Crippen LogP contribution in [0, 0.1) is 6.92 Å². The molecular formula is C16H22N2. The summed E-state index contributed by atoms with van der Waals surface area (Å²) < 4.78 is 2.35. The SMILES string of the molecule is CCc1ccc2c(c1)c(C1CCNC1)c(C)n2C. The van der Waals surface area contributed by atoms with Crippen LogP contribution in [0.2, 0.25) is 0 Å². The number of nitrogens with one attached hydrogen (secondary N) is 1. The van der Waals surface area contributed by atoms with Gasteiger partial charge in [-0.1, -0.05) is 13.0 Å².